The average Bonchev–Trinajstić information content (AvgIpc) is 2.84. The smallest absolute Gasteiger partial charge is 0.254 e. The zero-order chi connectivity index (χ0) is 23.0. The second kappa shape index (κ2) is 11.0. The van der Waals surface area contributed by atoms with E-state index >= 15 is 0 Å². The maximum Gasteiger partial charge on any atom is 0.254 e. The van der Waals surface area contributed by atoms with Crippen molar-refractivity contribution in [2.24, 2.45) is 5.92 Å². The molecule has 1 fully saturated rings. The Morgan fingerprint density at radius 1 is 1.18 bits per heavy atom. The first-order chi connectivity index (χ1) is 16.1. The first-order valence-electron chi connectivity index (χ1n) is 11.3. The summed E-state index contributed by atoms with van der Waals surface area (Å²) >= 11 is 0. The number of hydrogen-bond donors (Lipinski definition) is 1. The third-order valence-electron chi connectivity index (χ3n) is 6.16. The lowest BCUT2D eigenvalue weighted by Gasteiger charge is -2.32. The highest BCUT2D eigenvalue weighted by atomic mass is 19.1. The van der Waals surface area contributed by atoms with Crippen LogP contribution in [-0.2, 0) is 19.5 Å². The first kappa shape index (κ1) is 22.9. The number of methoxy groups -OCH3 is 1. The number of nitrogens with zero attached hydrogens (tertiary/aromatic N) is 3. The molecule has 1 aliphatic rings. The summed E-state index contributed by atoms with van der Waals surface area (Å²) in [6.07, 6.45) is 5.88. The normalized spacial score (nSPS) is 14.7. The van der Waals surface area contributed by atoms with E-state index in [9.17, 15) is 9.18 Å². The van der Waals surface area contributed by atoms with Crippen LogP contribution in [0.4, 0.5) is 4.39 Å². The number of halogens is 1. The van der Waals surface area contributed by atoms with Crippen LogP contribution in [0.5, 0.6) is 5.75 Å². The lowest BCUT2D eigenvalue weighted by molar-refractivity contribution is 0.0948. The van der Waals surface area contributed by atoms with Gasteiger partial charge < -0.3 is 10.1 Å². The monoisotopic (exact) mass is 448 g/mol. The van der Waals surface area contributed by atoms with Crippen LogP contribution in [0.25, 0.3) is 0 Å². The fourth-order valence-electron chi connectivity index (χ4n) is 4.34. The number of para-hydroxylation sites is 1. The fraction of sp³-hybridized carbons (Fsp3) is 0.346. The van der Waals surface area contributed by atoms with Gasteiger partial charge in [0.1, 0.15) is 17.9 Å². The number of hydrogen-bond acceptors (Lipinski definition) is 5. The van der Waals surface area contributed by atoms with Crippen molar-refractivity contribution in [3.63, 3.8) is 0 Å². The number of piperidine rings is 1. The number of benzene rings is 2. The van der Waals surface area contributed by atoms with E-state index < -0.39 is 0 Å². The molecule has 0 aliphatic carbocycles. The van der Waals surface area contributed by atoms with Crippen molar-refractivity contribution in [2.45, 2.75) is 32.4 Å². The van der Waals surface area contributed by atoms with E-state index in [1.54, 1.807) is 25.4 Å². The molecule has 0 bridgehead atoms. The second-order valence-corrected chi connectivity index (χ2v) is 8.43. The summed E-state index contributed by atoms with van der Waals surface area (Å²) in [7, 11) is 1.62. The van der Waals surface area contributed by atoms with Gasteiger partial charge in [-0.3, -0.25) is 9.69 Å². The summed E-state index contributed by atoms with van der Waals surface area (Å²) in [5.41, 5.74) is 3.22. The number of ether oxygens (including phenoxy) is 1. The van der Waals surface area contributed by atoms with Crippen molar-refractivity contribution in [2.75, 3.05) is 20.2 Å². The summed E-state index contributed by atoms with van der Waals surface area (Å²) < 4.78 is 18.8. The molecule has 0 saturated carbocycles. The van der Waals surface area contributed by atoms with E-state index in [0.717, 1.165) is 61.5 Å². The molecule has 0 radical (unpaired) electrons. The topological polar surface area (TPSA) is 67.3 Å². The predicted molar refractivity (Wildman–Crippen MR) is 124 cm³/mol. The van der Waals surface area contributed by atoms with Crippen LogP contribution in [0, 0.1) is 11.7 Å². The van der Waals surface area contributed by atoms with Crippen LogP contribution in [0.1, 0.15) is 40.0 Å². The standard InChI is InChI=1S/C26H29FN4O2/c1-33-25-8-3-2-6-21(25)15-29-26(32)23-16-28-18-30-24(23)14-19-9-11-31(12-10-19)17-20-5-4-7-22(27)13-20/h2-8,13,16,18-19H,9-12,14-15,17H2,1H3,(H,29,32). The summed E-state index contributed by atoms with van der Waals surface area (Å²) in [5.74, 6) is 0.819. The molecule has 0 spiro atoms. The number of likely N-dealkylation sites (tertiary alicyclic amines) is 1. The Hall–Kier alpha value is -3.32. The van der Waals surface area contributed by atoms with Gasteiger partial charge in [-0.25, -0.2) is 14.4 Å². The molecule has 6 nitrogen and oxygen atoms in total. The van der Waals surface area contributed by atoms with Crippen LogP contribution in [-0.4, -0.2) is 41.0 Å². The summed E-state index contributed by atoms with van der Waals surface area (Å²) in [6, 6.07) is 14.4. The highest BCUT2D eigenvalue weighted by Gasteiger charge is 2.23. The largest absolute Gasteiger partial charge is 0.496 e. The summed E-state index contributed by atoms with van der Waals surface area (Å²) in [5, 5.41) is 2.97. The molecule has 2 heterocycles. The molecule has 1 aliphatic heterocycles. The fourth-order valence-corrected chi connectivity index (χ4v) is 4.34. The third kappa shape index (κ3) is 6.14. The Kier molecular flexibility index (Phi) is 7.62. The Balaban J connectivity index is 1.33. The number of nitrogens with one attached hydrogen (secondary N) is 1. The molecule has 33 heavy (non-hydrogen) atoms. The Bertz CT molecular complexity index is 1080. The van der Waals surface area contributed by atoms with Crippen molar-refractivity contribution in [3.05, 3.63) is 89.3 Å². The molecule has 0 atom stereocenters. The van der Waals surface area contributed by atoms with Gasteiger partial charge >= 0.3 is 0 Å². The number of amides is 1. The molecule has 1 aromatic heterocycles. The Morgan fingerprint density at radius 3 is 2.79 bits per heavy atom. The van der Waals surface area contributed by atoms with Crippen LogP contribution in [0.15, 0.2) is 61.1 Å². The maximum atomic E-state index is 13.4. The van der Waals surface area contributed by atoms with Gasteiger partial charge in [-0.05, 0) is 62.0 Å². The van der Waals surface area contributed by atoms with Crippen LogP contribution in [0.3, 0.4) is 0 Å². The lowest BCUT2D eigenvalue weighted by Crippen LogP contribution is -2.34. The van der Waals surface area contributed by atoms with E-state index in [4.69, 9.17) is 4.74 Å². The minimum absolute atomic E-state index is 0.181. The SMILES string of the molecule is COc1ccccc1CNC(=O)c1cncnc1CC1CCN(Cc2cccc(F)c2)CC1. The number of carbonyl (C=O) groups excluding carboxylic acids is 1. The van der Waals surface area contributed by atoms with Crippen molar-refractivity contribution < 1.29 is 13.9 Å². The molecule has 7 heteroatoms. The molecule has 3 aromatic rings. The molecular formula is C26H29FN4O2. The molecule has 1 amide bonds. The van der Waals surface area contributed by atoms with Crippen LogP contribution < -0.4 is 10.1 Å². The summed E-state index contributed by atoms with van der Waals surface area (Å²) in [6.45, 7) is 3.02. The molecule has 2 aromatic carbocycles. The zero-order valence-electron chi connectivity index (χ0n) is 18.8. The van der Waals surface area contributed by atoms with Gasteiger partial charge in [-0.15, -0.1) is 0 Å². The number of rotatable bonds is 8. The van der Waals surface area contributed by atoms with E-state index in [0.29, 0.717) is 18.0 Å². The Labute approximate surface area is 193 Å². The highest BCUT2D eigenvalue weighted by molar-refractivity contribution is 5.94. The Morgan fingerprint density at radius 2 is 2.00 bits per heavy atom. The molecule has 0 unspecified atom stereocenters. The van der Waals surface area contributed by atoms with Gasteiger partial charge in [0.05, 0.1) is 18.4 Å². The summed E-state index contributed by atoms with van der Waals surface area (Å²) in [4.78, 5) is 23.8. The minimum Gasteiger partial charge on any atom is -0.496 e. The molecular weight excluding hydrogens is 419 g/mol. The van der Waals surface area contributed by atoms with Gasteiger partial charge in [0.25, 0.3) is 5.91 Å². The van der Waals surface area contributed by atoms with Gasteiger partial charge in [-0.2, -0.15) is 0 Å². The van der Waals surface area contributed by atoms with E-state index in [-0.39, 0.29) is 11.7 Å². The second-order valence-electron chi connectivity index (χ2n) is 8.43. The molecule has 1 saturated heterocycles. The van der Waals surface area contributed by atoms with Crippen molar-refractivity contribution in [3.8, 4) is 5.75 Å². The zero-order valence-corrected chi connectivity index (χ0v) is 18.8. The van der Waals surface area contributed by atoms with Crippen molar-refractivity contribution in [1.29, 1.82) is 0 Å². The van der Waals surface area contributed by atoms with E-state index in [1.165, 1.54) is 12.4 Å². The van der Waals surface area contributed by atoms with Crippen LogP contribution in [0.2, 0.25) is 0 Å². The van der Waals surface area contributed by atoms with E-state index in [1.807, 2.05) is 30.3 Å². The van der Waals surface area contributed by atoms with Gasteiger partial charge in [0, 0.05) is 24.8 Å². The van der Waals surface area contributed by atoms with E-state index in [2.05, 4.69) is 20.2 Å². The molecule has 1 N–H and O–H groups in total. The lowest BCUT2D eigenvalue weighted by atomic mass is 9.90. The van der Waals surface area contributed by atoms with Gasteiger partial charge in [-0.1, -0.05) is 30.3 Å². The molecule has 172 valence electrons. The van der Waals surface area contributed by atoms with Crippen LogP contribution >= 0.6 is 0 Å². The quantitative estimate of drug-likeness (QED) is 0.564. The van der Waals surface area contributed by atoms with Gasteiger partial charge in [0.2, 0.25) is 0 Å². The van der Waals surface area contributed by atoms with Gasteiger partial charge in [0.15, 0.2) is 0 Å². The number of aromatic nitrogens is 2. The number of carbonyl (C=O) groups is 1. The van der Waals surface area contributed by atoms with Crippen molar-refractivity contribution in [1.82, 2.24) is 20.2 Å². The maximum absolute atomic E-state index is 13.4. The molecule has 4 rings (SSSR count). The average molecular weight is 449 g/mol. The minimum atomic E-state index is -0.192. The highest BCUT2D eigenvalue weighted by Crippen LogP contribution is 2.24. The van der Waals surface area contributed by atoms with Crippen molar-refractivity contribution >= 4 is 5.91 Å². The first-order valence-corrected chi connectivity index (χ1v) is 11.3. The third-order valence-corrected chi connectivity index (χ3v) is 6.16. The predicted octanol–water partition coefficient (Wildman–Crippen LogP) is 4.01.